The molecule has 6 heteroatoms. The van der Waals surface area contributed by atoms with Gasteiger partial charge in [-0.2, -0.15) is 0 Å². The number of pyridine rings is 1. The van der Waals surface area contributed by atoms with Crippen LogP contribution < -0.4 is 5.73 Å². The molecule has 4 rings (SSSR count). The summed E-state index contributed by atoms with van der Waals surface area (Å²) < 4.78 is 0. The molecule has 96 valence electrons. The van der Waals surface area contributed by atoms with Gasteiger partial charge in [-0.25, -0.2) is 15.0 Å². The zero-order valence-electron chi connectivity index (χ0n) is 10.4. The third-order valence-electron chi connectivity index (χ3n) is 3.22. The highest BCUT2D eigenvalue weighted by molar-refractivity contribution is 5.94. The maximum Gasteiger partial charge on any atom is 0.183 e. The first-order chi connectivity index (χ1) is 9.83. The Morgan fingerprint density at radius 3 is 2.80 bits per heavy atom. The van der Waals surface area contributed by atoms with Crippen LogP contribution in [0.3, 0.4) is 0 Å². The van der Waals surface area contributed by atoms with Crippen LogP contribution in [0.4, 0.5) is 5.82 Å². The maximum atomic E-state index is 5.83. The van der Waals surface area contributed by atoms with Gasteiger partial charge < -0.3 is 10.7 Å². The summed E-state index contributed by atoms with van der Waals surface area (Å²) in [6, 6.07) is 9.84. The van der Waals surface area contributed by atoms with Crippen LogP contribution in [-0.2, 0) is 0 Å². The van der Waals surface area contributed by atoms with Gasteiger partial charge in [0.2, 0.25) is 0 Å². The van der Waals surface area contributed by atoms with Crippen molar-refractivity contribution in [2.24, 2.45) is 0 Å². The molecule has 0 bridgehead atoms. The number of nitrogens with one attached hydrogen (secondary N) is 1. The van der Waals surface area contributed by atoms with Gasteiger partial charge in [-0.05, 0) is 12.1 Å². The monoisotopic (exact) mass is 262 g/mol. The van der Waals surface area contributed by atoms with E-state index in [0.717, 1.165) is 16.5 Å². The van der Waals surface area contributed by atoms with E-state index in [2.05, 4.69) is 24.9 Å². The highest BCUT2D eigenvalue weighted by Gasteiger charge is 2.11. The SMILES string of the molecule is Nc1ncnc2nc(-c3ccnc4ccccc34)[nH]c12. The number of nitrogen functional groups attached to an aromatic ring is 1. The van der Waals surface area contributed by atoms with Crippen LogP contribution in [0.2, 0.25) is 0 Å². The normalized spacial score (nSPS) is 11.2. The van der Waals surface area contributed by atoms with Crippen molar-refractivity contribution < 1.29 is 0 Å². The number of aromatic nitrogens is 5. The fourth-order valence-electron chi connectivity index (χ4n) is 2.28. The summed E-state index contributed by atoms with van der Waals surface area (Å²) in [6.45, 7) is 0. The van der Waals surface area contributed by atoms with Crippen molar-refractivity contribution in [2.75, 3.05) is 5.73 Å². The molecule has 3 N–H and O–H groups in total. The van der Waals surface area contributed by atoms with Crippen LogP contribution in [0.25, 0.3) is 33.5 Å². The first-order valence-corrected chi connectivity index (χ1v) is 6.13. The number of nitrogens with zero attached hydrogens (tertiary/aromatic N) is 4. The molecule has 0 aliphatic rings. The van der Waals surface area contributed by atoms with Gasteiger partial charge in [-0.3, -0.25) is 4.98 Å². The minimum absolute atomic E-state index is 0.395. The van der Waals surface area contributed by atoms with E-state index >= 15 is 0 Å². The zero-order valence-corrected chi connectivity index (χ0v) is 10.4. The minimum Gasteiger partial charge on any atom is -0.382 e. The van der Waals surface area contributed by atoms with Crippen LogP contribution in [0.15, 0.2) is 42.9 Å². The summed E-state index contributed by atoms with van der Waals surface area (Å²) in [5.41, 5.74) is 8.93. The van der Waals surface area contributed by atoms with Crippen LogP contribution in [0.5, 0.6) is 0 Å². The summed E-state index contributed by atoms with van der Waals surface area (Å²) in [6.07, 6.45) is 3.17. The molecule has 0 atom stereocenters. The Balaban J connectivity index is 2.04. The van der Waals surface area contributed by atoms with Gasteiger partial charge in [0, 0.05) is 17.1 Å². The number of para-hydroxylation sites is 1. The predicted molar refractivity (Wildman–Crippen MR) is 76.8 cm³/mol. The summed E-state index contributed by atoms with van der Waals surface area (Å²) in [5, 5.41) is 1.03. The third-order valence-corrected chi connectivity index (χ3v) is 3.22. The van der Waals surface area contributed by atoms with E-state index in [1.165, 1.54) is 6.33 Å². The molecular formula is C14H10N6. The molecule has 0 saturated carbocycles. The van der Waals surface area contributed by atoms with Gasteiger partial charge in [0.1, 0.15) is 17.7 Å². The molecule has 0 radical (unpaired) electrons. The lowest BCUT2D eigenvalue weighted by molar-refractivity contribution is 1.21. The second kappa shape index (κ2) is 3.99. The van der Waals surface area contributed by atoms with Crippen molar-refractivity contribution >= 4 is 27.9 Å². The molecule has 0 aliphatic carbocycles. The molecule has 0 saturated heterocycles. The fourth-order valence-corrected chi connectivity index (χ4v) is 2.28. The van der Waals surface area contributed by atoms with Crippen molar-refractivity contribution in [2.45, 2.75) is 0 Å². The molecule has 20 heavy (non-hydrogen) atoms. The van der Waals surface area contributed by atoms with Crippen LogP contribution >= 0.6 is 0 Å². The molecule has 3 heterocycles. The van der Waals surface area contributed by atoms with Gasteiger partial charge in [-0.1, -0.05) is 18.2 Å². The summed E-state index contributed by atoms with van der Waals surface area (Å²) in [5.74, 6) is 1.11. The number of rotatable bonds is 1. The van der Waals surface area contributed by atoms with E-state index < -0.39 is 0 Å². The van der Waals surface area contributed by atoms with Gasteiger partial charge in [0.05, 0.1) is 5.52 Å². The Morgan fingerprint density at radius 1 is 1.00 bits per heavy atom. The number of H-pyrrole nitrogens is 1. The Morgan fingerprint density at radius 2 is 1.90 bits per heavy atom. The van der Waals surface area contributed by atoms with Gasteiger partial charge in [0.15, 0.2) is 11.5 Å². The molecular weight excluding hydrogens is 252 g/mol. The summed E-state index contributed by atoms with van der Waals surface area (Å²) in [7, 11) is 0. The number of nitrogens with two attached hydrogens (primary N) is 1. The second-order valence-electron chi connectivity index (χ2n) is 4.42. The van der Waals surface area contributed by atoms with Crippen LogP contribution in [0, 0.1) is 0 Å². The number of hydrogen-bond acceptors (Lipinski definition) is 5. The molecule has 1 aromatic carbocycles. The van der Waals surface area contributed by atoms with E-state index in [9.17, 15) is 0 Å². The highest BCUT2D eigenvalue weighted by atomic mass is 15.0. The lowest BCUT2D eigenvalue weighted by Gasteiger charge is -2.02. The van der Waals surface area contributed by atoms with Crippen LogP contribution in [0.1, 0.15) is 0 Å². The molecule has 0 spiro atoms. The molecule has 3 aromatic heterocycles. The number of anilines is 1. The highest BCUT2D eigenvalue weighted by Crippen LogP contribution is 2.27. The van der Waals surface area contributed by atoms with Gasteiger partial charge in [-0.15, -0.1) is 0 Å². The molecule has 0 fully saturated rings. The van der Waals surface area contributed by atoms with Gasteiger partial charge in [0.25, 0.3) is 0 Å². The Hall–Kier alpha value is -3.02. The third kappa shape index (κ3) is 1.51. The lowest BCUT2D eigenvalue weighted by atomic mass is 10.1. The van der Waals surface area contributed by atoms with E-state index in [4.69, 9.17) is 5.73 Å². The topological polar surface area (TPSA) is 93.4 Å². The van der Waals surface area contributed by atoms with Gasteiger partial charge >= 0.3 is 0 Å². The Kier molecular flexibility index (Phi) is 2.17. The Bertz CT molecular complexity index is 922. The number of benzene rings is 1. The van der Waals surface area contributed by atoms with E-state index in [-0.39, 0.29) is 0 Å². The Labute approximate surface area is 113 Å². The second-order valence-corrected chi connectivity index (χ2v) is 4.42. The standard InChI is InChI=1S/C14H10N6/c15-12-11-14(18-7-17-12)20-13(19-11)9-5-6-16-10-4-2-1-3-8(9)10/h1-7H,(H3,15,17,18,19,20). The summed E-state index contributed by atoms with van der Waals surface area (Å²) >= 11 is 0. The number of fused-ring (bicyclic) bond motifs is 2. The average Bonchev–Trinajstić information content (AvgIpc) is 2.92. The largest absolute Gasteiger partial charge is 0.382 e. The van der Waals surface area contributed by atoms with E-state index in [0.29, 0.717) is 22.8 Å². The van der Waals surface area contributed by atoms with Crippen molar-refractivity contribution in [1.82, 2.24) is 24.9 Å². The number of hydrogen-bond donors (Lipinski definition) is 2. The first kappa shape index (κ1) is 10.9. The van der Waals surface area contributed by atoms with Crippen molar-refractivity contribution in [3.05, 3.63) is 42.9 Å². The molecule has 0 aliphatic heterocycles. The molecule has 0 amide bonds. The van der Waals surface area contributed by atoms with Crippen molar-refractivity contribution in [1.29, 1.82) is 0 Å². The minimum atomic E-state index is 0.395. The number of imidazole rings is 1. The van der Waals surface area contributed by atoms with Crippen LogP contribution in [-0.4, -0.2) is 24.9 Å². The summed E-state index contributed by atoms with van der Waals surface area (Å²) in [4.78, 5) is 20.1. The van der Waals surface area contributed by atoms with Crippen molar-refractivity contribution in [3.63, 3.8) is 0 Å². The quantitative estimate of drug-likeness (QED) is 0.548. The fraction of sp³-hybridized carbons (Fsp3) is 0. The van der Waals surface area contributed by atoms with E-state index in [1.807, 2.05) is 30.3 Å². The van der Waals surface area contributed by atoms with E-state index in [1.54, 1.807) is 6.20 Å². The smallest absolute Gasteiger partial charge is 0.183 e. The maximum absolute atomic E-state index is 5.83. The molecule has 4 aromatic rings. The van der Waals surface area contributed by atoms with Crippen molar-refractivity contribution in [3.8, 4) is 11.4 Å². The molecule has 6 nitrogen and oxygen atoms in total. The molecule has 0 unspecified atom stereocenters. The predicted octanol–water partition coefficient (Wildman–Crippen LogP) is 2.15. The average molecular weight is 262 g/mol. The zero-order chi connectivity index (χ0) is 13.5. The lowest BCUT2D eigenvalue weighted by Crippen LogP contribution is -1.91. The first-order valence-electron chi connectivity index (χ1n) is 6.13. The number of aromatic amines is 1.